The van der Waals surface area contributed by atoms with E-state index in [1.807, 2.05) is 50.8 Å². The molecule has 0 saturated carbocycles. The number of nitrogens with zero attached hydrogens (tertiary/aromatic N) is 5. The van der Waals surface area contributed by atoms with Crippen LogP contribution in [-0.2, 0) is 6.54 Å². The van der Waals surface area contributed by atoms with Gasteiger partial charge in [-0.05, 0) is 53.4 Å². The monoisotopic (exact) mass is 497 g/mol. The van der Waals surface area contributed by atoms with E-state index in [-0.39, 0.29) is 12.7 Å². The Bertz CT molecular complexity index is 1380. The van der Waals surface area contributed by atoms with Crippen molar-refractivity contribution in [3.8, 4) is 23.0 Å². The summed E-state index contributed by atoms with van der Waals surface area (Å²) in [4.78, 5) is 18.0. The van der Waals surface area contributed by atoms with Gasteiger partial charge in [0.15, 0.2) is 17.3 Å². The third-order valence-electron chi connectivity index (χ3n) is 7.13. The van der Waals surface area contributed by atoms with Gasteiger partial charge >= 0.3 is 0 Å². The normalized spacial score (nSPS) is 15.5. The number of hydrogen-bond acceptors (Lipinski definition) is 5. The number of carbonyl (C=O) groups is 1. The molecule has 190 valence electrons. The molecular formula is C29H31N5O3. The lowest BCUT2D eigenvalue weighted by Crippen LogP contribution is -2.48. The summed E-state index contributed by atoms with van der Waals surface area (Å²) in [5, 5.41) is 4.65. The summed E-state index contributed by atoms with van der Waals surface area (Å²) in [5.74, 6) is 2.83. The molecule has 0 bridgehead atoms. The Hall–Kier alpha value is -4.04. The molecule has 1 fully saturated rings. The molecule has 2 aliphatic heterocycles. The first-order chi connectivity index (χ1) is 18.1. The first kappa shape index (κ1) is 23.4. The number of hydrogen-bond donors (Lipinski definition) is 0. The highest BCUT2D eigenvalue weighted by Crippen LogP contribution is 2.33. The molecule has 1 saturated heterocycles. The lowest BCUT2D eigenvalue weighted by Gasteiger charge is -2.34. The van der Waals surface area contributed by atoms with Gasteiger partial charge in [0.1, 0.15) is 5.56 Å². The number of carbonyl (C=O) groups excluding carboxylic acids is 1. The van der Waals surface area contributed by atoms with Crippen molar-refractivity contribution in [1.82, 2.24) is 24.1 Å². The first-order valence-electron chi connectivity index (χ1n) is 12.8. The Morgan fingerprint density at radius 2 is 1.68 bits per heavy atom. The highest BCUT2D eigenvalue weighted by Gasteiger charge is 2.27. The Morgan fingerprint density at radius 1 is 0.946 bits per heavy atom. The van der Waals surface area contributed by atoms with E-state index in [4.69, 9.17) is 9.47 Å². The lowest BCUT2D eigenvalue weighted by atomic mass is 10.0. The van der Waals surface area contributed by atoms with Crippen LogP contribution in [0.3, 0.4) is 0 Å². The Labute approximate surface area is 216 Å². The summed E-state index contributed by atoms with van der Waals surface area (Å²) in [6.45, 7) is 8.42. The topological polar surface area (TPSA) is 64.8 Å². The molecule has 2 aromatic heterocycles. The van der Waals surface area contributed by atoms with Crippen molar-refractivity contribution in [3.63, 3.8) is 0 Å². The number of fused-ring (bicyclic) bond motifs is 1. The quantitative estimate of drug-likeness (QED) is 0.393. The SMILES string of the molecule is CC(C)c1ccc(-n2ncc(C(=O)N3CCN(Cc4ccc5c(c4)OCO5)CC3)c2-n2cccc2)cc1. The Kier molecular flexibility index (Phi) is 6.18. The predicted octanol–water partition coefficient (Wildman–Crippen LogP) is 4.47. The molecule has 8 heteroatoms. The van der Waals surface area contributed by atoms with Gasteiger partial charge in [0.2, 0.25) is 6.79 Å². The second-order valence-electron chi connectivity index (χ2n) is 9.89. The molecule has 0 unspecified atom stereocenters. The van der Waals surface area contributed by atoms with Gasteiger partial charge in [0.25, 0.3) is 5.91 Å². The van der Waals surface area contributed by atoms with Crippen molar-refractivity contribution in [2.24, 2.45) is 0 Å². The molecule has 8 nitrogen and oxygen atoms in total. The number of aromatic nitrogens is 3. The molecule has 2 aliphatic rings. The standard InChI is InChI=1S/C29H31N5O3/c1-21(2)23-6-8-24(9-7-23)34-28(32-11-3-4-12-32)25(18-30-34)29(35)33-15-13-31(14-16-33)19-22-5-10-26-27(17-22)37-20-36-26/h3-12,17-18,21H,13-16,19-20H2,1-2H3. The van der Waals surface area contributed by atoms with Crippen LogP contribution in [0.15, 0.2) is 73.2 Å². The van der Waals surface area contributed by atoms with Gasteiger partial charge < -0.3 is 18.9 Å². The van der Waals surface area contributed by atoms with Gasteiger partial charge in [-0.2, -0.15) is 5.10 Å². The summed E-state index contributed by atoms with van der Waals surface area (Å²) in [5.41, 5.74) is 3.99. The molecule has 0 aliphatic carbocycles. The Balaban J connectivity index is 1.19. The van der Waals surface area contributed by atoms with Gasteiger partial charge in [-0.25, -0.2) is 4.68 Å². The largest absolute Gasteiger partial charge is 0.454 e. The van der Waals surface area contributed by atoms with E-state index in [1.165, 1.54) is 11.1 Å². The average molecular weight is 498 g/mol. The van der Waals surface area contributed by atoms with Crippen LogP contribution in [0.2, 0.25) is 0 Å². The van der Waals surface area contributed by atoms with Crippen LogP contribution >= 0.6 is 0 Å². The molecule has 37 heavy (non-hydrogen) atoms. The molecular weight excluding hydrogens is 466 g/mol. The molecule has 0 N–H and O–H groups in total. The zero-order valence-electron chi connectivity index (χ0n) is 21.2. The van der Waals surface area contributed by atoms with E-state index in [0.29, 0.717) is 24.6 Å². The summed E-state index contributed by atoms with van der Waals surface area (Å²) in [6, 6.07) is 18.4. The summed E-state index contributed by atoms with van der Waals surface area (Å²) < 4.78 is 14.8. The maximum Gasteiger partial charge on any atom is 0.259 e. The number of piperazine rings is 1. The van der Waals surface area contributed by atoms with E-state index in [1.54, 1.807) is 6.20 Å². The van der Waals surface area contributed by atoms with Crippen LogP contribution in [-0.4, -0.2) is 63.0 Å². The maximum absolute atomic E-state index is 13.7. The number of amides is 1. The van der Waals surface area contributed by atoms with Crippen LogP contribution in [0.25, 0.3) is 11.5 Å². The van der Waals surface area contributed by atoms with E-state index >= 15 is 0 Å². The van der Waals surface area contributed by atoms with Gasteiger partial charge in [-0.15, -0.1) is 0 Å². The molecule has 0 atom stereocenters. The van der Waals surface area contributed by atoms with Crippen molar-refractivity contribution in [2.75, 3.05) is 33.0 Å². The van der Waals surface area contributed by atoms with Crippen LogP contribution in [0.5, 0.6) is 11.5 Å². The van der Waals surface area contributed by atoms with E-state index in [2.05, 4.69) is 54.2 Å². The van der Waals surface area contributed by atoms with E-state index in [0.717, 1.165) is 42.6 Å². The van der Waals surface area contributed by atoms with Crippen LogP contribution in [0, 0.1) is 0 Å². The first-order valence-corrected chi connectivity index (χ1v) is 12.8. The molecule has 4 heterocycles. The fourth-order valence-electron chi connectivity index (χ4n) is 4.98. The van der Waals surface area contributed by atoms with Crippen molar-refractivity contribution in [3.05, 3.63) is 89.9 Å². The second kappa shape index (κ2) is 9.78. The smallest absolute Gasteiger partial charge is 0.259 e. The third kappa shape index (κ3) is 4.60. The zero-order chi connectivity index (χ0) is 25.4. The van der Waals surface area contributed by atoms with Crippen LogP contribution in [0.4, 0.5) is 0 Å². The lowest BCUT2D eigenvalue weighted by molar-refractivity contribution is 0.0628. The predicted molar refractivity (Wildman–Crippen MR) is 141 cm³/mol. The molecule has 0 spiro atoms. The van der Waals surface area contributed by atoms with Crippen LogP contribution in [0.1, 0.15) is 41.3 Å². The fourth-order valence-corrected chi connectivity index (χ4v) is 4.98. The van der Waals surface area contributed by atoms with Gasteiger partial charge in [-0.3, -0.25) is 9.69 Å². The van der Waals surface area contributed by atoms with Gasteiger partial charge in [0, 0.05) is 45.1 Å². The summed E-state index contributed by atoms with van der Waals surface area (Å²) >= 11 is 0. The molecule has 6 rings (SSSR count). The highest BCUT2D eigenvalue weighted by molar-refractivity contribution is 5.97. The second-order valence-corrected chi connectivity index (χ2v) is 9.89. The summed E-state index contributed by atoms with van der Waals surface area (Å²) in [6.07, 6.45) is 5.61. The Morgan fingerprint density at radius 3 is 2.41 bits per heavy atom. The van der Waals surface area contributed by atoms with Crippen molar-refractivity contribution in [1.29, 1.82) is 0 Å². The zero-order valence-corrected chi connectivity index (χ0v) is 21.2. The minimum atomic E-state index is 0.0106. The minimum Gasteiger partial charge on any atom is -0.454 e. The maximum atomic E-state index is 13.7. The molecule has 4 aromatic rings. The van der Waals surface area contributed by atoms with E-state index < -0.39 is 0 Å². The molecule has 1 amide bonds. The average Bonchev–Trinajstić information content (AvgIpc) is 3.69. The summed E-state index contributed by atoms with van der Waals surface area (Å²) in [7, 11) is 0. The minimum absolute atomic E-state index is 0.0106. The fraction of sp³-hybridized carbons (Fsp3) is 0.310. The molecule has 0 radical (unpaired) electrons. The number of rotatable bonds is 6. The number of ether oxygens (including phenoxy) is 2. The van der Waals surface area contributed by atoms with E-state index in [9.17, 15) is 4.79 Å². The van der Waals surface area contributed by atoms with Crippen molar-refractivity contribution < 1.29 is 14.3 Å². The van der Waals surface area contributed by atoms with Crippen molar-refractivity contribution >= 4 is 5.91 Å². The van der Waals surface area contributed by atoms with Gasteiger partial charge in [0.05, 0.1) is 11.9 Å². The van der Waals surface area contributed by atoms with Gasteiger partial charge in [-0.1, -0.05) is 32.0 Å². The third-order valence-corrected chi connectivity index (χ3v) is 7.13. The van der Waals surface area contributed by atoms with Crippen LogP contribution < -0.4 is 9.47 Å². The molecule has 2 aromatic carbocycles. The highest BCUT2D eigenvalue weighted by atomic mass is 16.7. The number of benzene rings is 2. The van der Waals surface area contributed by atoms with Crippen molar-refractivity contribution in [2.45, 2.75) is 26.3 Å².